The van der Waals surface area contributed by atoms with Crippen LogP contribution in [0.2, 0.25) is 0 Å². The number of aliphatic hydroxyl groups is 1. The summed E-state index contributed by atoms with van der Waals surface area (Å²) in [5, 5.41) is 14.9. The Labute approximate surface area is 250 Å². The van der Waals surface area contributed by atoms with Crippen molar-refractivity contribution in [2.24, 2.45) is 29.4 Å². The number of cyclic esters (lactones) is 1. The molecular formula is C32H52N2O8. The first-order chi connectivity index (χ1) is 19.8. The van der Waals surface area contributed by atoms with Crippen molar-refractivity contribution < 1.29 is 38.4 Å². The maximum absolute atomic E-state index is 13.7. The van der Waals surface area contributed by atoms with Crippen LogP contribution in [0, 0.1) is 23.7 Å². The number of hydrogen-bond acceptors (Lipinski definition) is 9. The Morgan fingerprint density at radius 1 is 1.10 bits per heavy atom. The van der Waals surface area contributed by atoms with Gasteiger partial charge in [-0.25, -0.2) is 9.59 Å². The Kier molecular flexibility index (Phi) is 9.53. The molecular weight excluding hydrogens is 540 g/mol. The number of unbranched alkanes of at least 4 members (excludes halogenated alkanes) is 1. The van der Waals surface area contributed by atoms with Gasteiger partial charge in [-0.15, -0.1) is 0 Å². The van der Waals surface area contributed by atoms with E-state index in [1.165, 1.54) is 7.05 Å². The van der Waals surface area contributed by atoms with E-state index in [0.29, 0.717) is 38.7 Å². The van der Waals surface area contributed by atoms with Crippen molar-refractivity contribution >= 4 is 17.8 Å². The van der Waals surface area contributed by atoms with Gasteiger partial charge in [0.25, 0.3) is 0 Å². The third kappa shape index (κ3) is 5.41. The molecule has 2 aliphatic carbocycles. The highest BCUT2D eigenvalue weighted by atomic mass is 16.7. The van der Waals surface area contributed by atoms with Crippen LogP contribution in [0.3, 0.4) is 0 Å². The summed E-state index contributed by atoms with van der Waals surface area (Å²) in [5.74, 6) is -1.16. The lowest BCUT2D eigenvalue weighted by atomic mass is 9.58. The Balaban J connectivity index is 0.00000198. The molecule has 5 rings (SSSR count). The SMILES string of the molecule is CCCCC1=C(C2CC3OC34C(OC(=O)C(NC(=O)CC(C)C)C(C)C)C(O)(C(C)C)CC3OC34C2)COC1=O.CN. The van der Waals surface area contributed by atoms with Crippen LogP contribution in [0.15, 0.2) is 11.1 Å². The minimum atomic E-state index is -1.34. The number of rotatable bonds is 11. The lowest BCUT2D eigenvalue weighted by molar-refractivity contribution is -0.200. The molecule has 10 heteroatoms. The van der Waals surface area contributed by atoms with Gasteiger partial charge in [-0.2, -0.15) is 0 Å². The van der Waals surface area contributed by atoms with E-state index in [-0.39, 0.29) is 47.8 Å². The van der Waals surface area contributed by atoms with Crippen LogP contribution >= 0.6 is 0 Å². The zero-order valence-corrected chi connectivity index (χ0v) is 26.7. The lowest BCUT2D eigenvalue weighted by Crippen LogP contribution is -2.68. The van der Waals surface area contributed by atoms with Gasteiger partial charge in [0.1, 0.15) is 23.9 Å². The summed E-state index contributed by atoms with van der Waals surface area (Å²) in [7, 11) is 1.50. The van der Waals surface area contributed by atoms with Crippen molar-refractivity contribution in [2.75, 3.05) is 13.7 Å². The largest absolute Gasteiger partial charge is 0.458 e. The van der Waals surface area contributed by atoms with E-state index in [2.05, 4.69) is 18.0 Å². The number of amides is 1. The molecule has 2 spiro atoms. The van der Waals surface area contributed by atoms with Crippen LogP contribution in [0.4, 0.5) is 0 Å². The molecule has 238 valence electrons. The van der Waals surface area contributed by atoms with Crippen LogP contribution in [0.1, 0.15) is 93.4 Å². The van der Waals surface area contributed by atoms with E-state index in [9.17, 15) is 19.5 Å². The second kappa shape index (κ2) is 12.2. The normalized spacial score (nSPS) is 36.8. The highest BCUT2D eigenvalue weighted by Crippen LogP contribution is 2.73. The van der Waals surface area contributed by atoms with Gasteiger partial charge in [0, 0.05) is 18.4 Å². The van der Waals surface area contributed by atoms with Crippen LogP contribution in [-0.2, 0) is 33.3 Å². The van der Waals surface area contributed by atoms with Gasteiger partial charge in [0.2, 0.25) is 5.91 Å². The quantitative estimate of drug-likeness (QED) is 0.242. The number of hydrogen-bond donors (Lipinski definition) is 3. The highest BCUT2D eigenvalue weighted by Gasteiger charge is 2.90. The number of carbonyl (C=O) groups is 3. The van der Waals surface area contributed by atoms with Crippen molar-refractivity contribution in [3.8, 4) is 0 Å². The van der Waals surface area contributed by atoms with Crippen LogP contribution in [-0.4, -0.2) is 77.8 Å². The van der Waals surface area contributed by atoms with Crippen LogP contribution in [0.5, 0.6) is 0 Å². The van der Waals surface area contributed by atoms with Crippen molar-refractivity contribution in [3.05, 3.63) is 11.1 Å². The van der Waals surface area contributed by atoms with Gasteiger partial charge in [-0.05, 0) is 62.0 Å². The van der Waals surface area contributed by atoms with Gasteiger partial charge in [0.05, 0.1) is 12.2 Å². The number of epoxide rings is 2. The Bertz CT molecular complexity index is 1090. The van der Waals surface area contributed by atoms with Crippen molar-refractivity contribution in [2.45, 2.75) is 135 Å². The fourth-order valence-electron chi connectivity index (χ4n) is 7.55. The first-order valence-corrected chi connectivity index (χ1v) is 15.8. The zero-order chi connectivity index (χ0) is 31.2. The van der Waals surface area contributed by atoms with Crippen molar-refractivity contribution in [3.63, 3.8) is 0 Å². The topological polar surface area (TPSA) is 153 Å². The Morgan fingerprint density at radius 2 is 1.79 bits per heavy atom. The van der Waals surface area contributed by atoms with E-state index >= 15 is 0 Å². The minimum absolute atomic E-state index is 0.0734. The first kappa shape index (κ1) is 32.9. The molecule has 0 aromatic heterocycles. The predicted octanol–water partition coefficient (Wildman–Crippen LogP) is 3.18. The van der Waals surface area contributed by atoms with Gasteiger partial charge >= 0.3 is 11.9 Å². The van der Waals surface area contributed by atoms with Gasteiger partial charge in [-0.1, -0.05) is 54.9 Å². The summed E-state index contributed by atoms with van der Waals surface area (Å²) in [5.41, 5.74) is 3.37. The zero-order valence-electron chi connectivity index (χ0n) is 26.7. The number of nitrogens with two attached hydrogens (primary N) is 1. The van der Waals surface area contributed by atoms with Crippen LogP contribution < -0.4 is 11.1 Å². The maximum atomic E-state index is 13.7. The molecule has 4 N–H and O–H groups in total. The minimum Gasteiger partial charge on any atom is -0.458 e. The molecule has 0 aromatic carbocycles. The summed E-state index contributed by atoms with van der Waals surface area (Å²) in [6, 6.07) is -0.839. The van der Waals surface area contributed by atoms with E-state index in [1.807, 2.05) is 41.5 Å². The molecule has 5 aliphatic rings. The summed E-state index contributed by atoms with van der Waals surface area (Å²) < 4.78 is 24.6. The molecule has 0 radical (unpaired) electrons. The van der Waals surface area contributed by atoms with Crippen molar-refractivity contribution in [1.29, 1.82) is 0 Å². The monoisotopic (exact) mass is 592 g/mol. The highest BCUT2D eigenvalue weighted by molar-refractivity contribution is 5.92. The summed E-state index contributed by atoms with van der Waals surface area (Å²) in [4.78, 5) is 38.8. The molecule has 8 unspecified atom stereocenters. The van der Waals surface area contributed by atoms with E-state index < -0.39 is 34.9 Å². The second-order valence-electron chi connectivity index (χ2n) is 13.8. The third-order valence-electron chi connectivity index (χ3n) is 9.97. The smallest absolute Gasteiger partial charge is 0.334 e. The molecule has 4 fully saturated rings. The van der Waals surface area contributed by atoms with Gasteiger partial charge < -0.3 is 35.1 Å². The first-order valence-electron chi connectivity index (χ1n) is 15.8. The maximum Gasteiger partial charge on any atom is 0.334 e. The van der Waals surface area contributed by atoms with E-state index in [0.717, 1.165) is 24.0 Å². The molecule has 8 atom stereocenters. The number of ether oxygens (including phenoxy) is 4. The molecule has 0 aromatic rings. The summed E-state index contributed by atoms with van der Waals surface area (Å²) in [6.07, 6.45) is 3.14. The van der Waals surface area contributed by atoms with Crippen LogP contribution in [0.25, 0.3) is 0 Å². The standard InChI is InChI=1S/C31H47NO8.CH5N/c1-8-9-10-20-21(15-37-26(20)34)19-12-22-31(40-22)28(29(36,18(6)7)14-23-30(31,13-19)39-23)38-27(35)25(17(4)5)32-24(33)11-16(2)3;1-2/h16-19,22-23,25,28,36H,8-15H2,1-7H3,(H,32,33);2H2,1H3. The van der Waals surface area contributed by atoms with Gasteiger partial charge in [-0.3, -0.25) is 4.79 Å². The average molecular weight is 593 g/mol. The second-order valence-corrected chi connectivity index (χ2v) is 13.8. The molecule has 10 nitrogen and oxygen atoms in total. The molecule has 3 aliphatic heterocycles. The van der Waals surface area contributed by atoms with E-state index in [1.54, 1.807) is 0 Å². The van der Waals surface area contributed by atoms with E-state index in [4.69, 9.17) is 18.9 Å². The van der Waals surface area contributed by atoms with Gasteiger partial charge in [0.15, 0.2) is 11.7 Å². The average Bonchev–Trinajstić information content (AvgIpc) is 3.79. The molecule has 2 saturated carbocycles. The fraction of sp³-hybridized carbons (Fsp3) is 0.844. The Hall–Kier alpha value is -2.01. The third-order valence-corrected chi connectivity index (χ3v) is 9.97. The van der Waals surface area contributed by atoms with Crippen molar-refractivity contribution in [1.82, 2.24) is 5.32 Å². The lowest BCUT2D eigenvalue weighted by Gasteiger charge is -2.48. The molecule has 2 saturated heterocycles. The summed E-state index contributed by atoms with van der Waals surface area (Å²) in [6.45, 7) is 13.9. The summed E-state index contributed by atoms with van der Waals surface area (Å²) >= 11 is 0. The number of esters is 2. The Morgan fingerprint density at radius 3 is 2.38 bits per heavy atom. The molecule has 1 amide bonds. The predicted molar refractivity (Wildman–Crippen MR) is 156 cm³/mol. The molecule has 42 heavy (non-hydrogen) atoms. The molecule has 3 heterocycles. The number of nitrogens with one attached hydrogen (secondary N) is 1. The molecule has 0 bridgehead atoms. The number of carbonyl (C=O) groups excluding carboxylic acids is 3. The fourth-order valence-corrected chi connectivity index (χ4v) is 7.55.